The Morgan fingerprint density at radius 3 is 2.94 bits per heavy atom. The molecule has 1 aromatic heterocycles. The number of urea groups is 1. The van der Waals surface area contributed by atoms with Crippen LogP contribution in [0.15, 0.2) is 10.9 Å². The van der Waals surface area contributed by atoms with Crippen molar-refractivity contribution in [2.45, 2.75) is 19.3 Å². The van der Waals surface area contributed by atoms with E-state index in [1.807, 2.05) is 0 Å². The van der Waals surface area contributed by atoms with Crippen LogP contribution in [-0.4, -0.2) is 52.3 Å². The van der Waals surface area contributed by atoms with Crippen LogP contribution in [-0.2, 0) is 11.2 Å². The SMILES string of the molecule is CN(CCCC(=O)O)C(=O)NCCc1ncon1. The molecule has 1 aromatic rings. The molecule has 0 fully saturated rings. The average Bonchev–Trinajstić information content (AvgIpc) is 2.81. The molecular formula is C10H16N4O4. The monoisotopic (exact) mass is 256 g/mol. The molecule has 1 heterocycles. The lowest BCUT2D eigenvalue weighted by atomic mass is 10.3. The number of aliphatic carboxylic acids is 1. The molecule has 100 valence electrons. The van der Waals surface area contributed by atoms with Gasteiger partial charge in [-0.1, -0.05) is 5.16 Å². The summed E-state index contributed by atoms with van der Waals surface area (Å²) in [5.74, 6) is -0.329. The predicted molar refractivity (Wildman–Crippen MR) is 60.9 cm³/mol. The number of carboxylic acids is 1. The van der Waals surface area contributed by atoms with Gasteiger partial charge in [0.05, 0.1) is 0 Å². The Labute approximate surface area is 104 Å². The molecule has 0 aliphatic rings. The minimum absolute atomic E-state index is 0.0560. The number of nitrogens with zero attached hydrogens (tertiary/aromatic N) is 3. The van der Waals surface area contributed by atoms with Crippen molar-refractivity contribution in [3.8, 4) is 0 Å². The second-order valence-corrected chi connectivity index (χ2v) is 3.75. The Morgan fingerprint density at radius 1 is 1.56 bits per heavy atom. The second kappa shape index (κ2) is 7.25. The van der Waals surface area contributed by atoms with Crippen LogP contribution in [0, 0.1) is 0 Å². The third kappa shape index (κ3) is 5.28. The van der Waals surface area contributed by atoms with Gasteiger partial charge in [-0.05, 0) is 6.42 Å². The van der Waals surface area contributed by atoms with Crippen molar-refractivity contribution in [3.05, 3.63) is 12.2 Å². The third-order valence-electron chi connectivity index (χ3n) is 2.26. The molecule has 18 heavy (non-hydrogen) atoms. The van der Waals surface area contributed by atoms with Gasteiger partial charge in [0.1, 0.15) is 0 Å². The Bertz CT molecular complexity index is 379. The fourth-order valence-corrected chi connectivity index (χ4v) is 1.29. The van der Waals surface area contributed by atoms with Gasteiger partial charge in [0.25, 0.3) is 0 Å². The lowest BCUT2D eigenvalue weighted by molar-refractivity contribution is -0.137. The normalized spacial score (nSPS) is 10.1. The zero-order chi connectivity index (χ0) is 13.4. The zero-order valence-corrected chi connectivity index (χ0v) is 10.1. The van der Waals surface area contributed by atoms with Crippen LogP contribution in [0.3, 0.4) is 0 Å². The molecule has 0 saturated carbocycles. The Hall–Kier alpha value is -2.12. The van der Waals surface area contributed by atoms with Crippen LogP contribution >= 0.6 is 0 Å². The summed E-state index contributed by atoms with van der Waals surface area (Å²) < 4.78 is 4.56. The topological polar surface area (TPSA) is 109 Å². The van der Waals surface area contributed by atoms with Crippen LogP contribution < -0.4 is 5.32 Å². The summed E-state index contributed by atoms with van der Waals surface area (Å²) in [7, 11) is 1.62. The summed E-state index contributed by atoms with van der Waals surface area (Å²) in [5.41, 5.74) is 0. The lowest BCUT2D eigenvalue weighted by Gasteiger charge is -2.17. The van der Waals surface area contributed by atoms with E-state index in [1.165, 1.54) is 11.3 Å². The van der Waals surface area contributed by atoms with Crippen molar-refractivity contribution >= 4 is 12.0 Å². The van der Waals surface area contributed by atoms with Crippen LogP contribution in [0.2, 0.25) is 0 Å². The maximum atomic E-state index is 11.6. The summed E-state index contributed by atoms with van der Waals surface area (Å²) >= 11 is 0. The highest BCUT2D eigenvalue weighted by molar-refractivity contribution is 5.73. The van der Waals surface area contributed by atoms with Gasteiger partial charge in [-0.3, -0.25) is 4.79 Å². The van der Waals surface area contributed by atoms with Crippen molar-refractivity contribution in [2.75, 3.05) is 20.1 Å². The summed E-state index contributed by atoms with van der Waals surface area (Å²) in [5, 5.41) is 14.8. The maximum Gasteiger partial charge on any atom is 0.317 e. The summed E-state index contributed by atoms with van der Waals surface area (Å²) in [4.78, 5) is 27.1. The highest BCUT2D eigenvalue weighted by Crippen LogP contribution is 1.94. The molecule has 0 aliphatic carbocycles. The number of carboxylic acid groups (broad SMARTS) is 1. The fourth-order valence-electron chi connectivity index (χ4n) is 1.29. The summed E-state index contributed by atoms with van der Waals surface area (Å²) in [6.45, 7) is 0.808. The molecule has 0 radical (unpaired) electrons. The van der Waals surface area contributed by atoms with Gasteiger partial charge in [-0.2, -0.15) is 4.98 Å². The number of carbonyl (C=O) groups is 2. The van der Waals surface area contributed by atoms with Crippen LogP contribution in [0.1, 0.15) is 18.7 Å². The van der Waals surface area contributed by atoms with E-state index in [4.69, 9.17) is 5.11 Å². The molecule has 8 heteroatoms. The Balaban J connectivity index is 2.13. The van der Waals surface area contributed by atoms with Crippen molar-refractivity contribution in [1.29, 1.82) is 0 Å². The minimum atomic E-state index is -0.860. The first-order chi connectivity index (χ1) is 8.59. The molecule has 0 spiro atoms. The number of nitrogens with one attached hydrogen (secondary N) is 1. The highest BCUT2D eigenvalue weighted by Gasteiger charge is 2.08. The van der Waals surface area contributed by atoms with E-state index < -0.39 is 5.97 Å². The highest BCUT2D eigenvalue weighted by atomic mass is 16.5. The first-order valence-electron chi connectivity index (χ1n) is 5.55. The Morgan fingerprint density at radius 2 is 2.33 bits per heavy atom. The van der Waals surface area contributed by atoms with Gasteiger partial charge in [0.2, 0.25) is 6.39 Å². The molecule has 1 rings (SSSR count). The quantitative estimate of drug-likeness (QED) is 0.717. The number of rotatable bonds is 7. The molecular weight excluding hydrogens is 240 g/mol. The van der Waals surface area contributed by atoms with Crippen LogP contribution in [0.25, 0.3) is 0 Å². The standard InChI is InChI=1S/C10H16N4O4/c1-14(6-2-3-9(15)16)10(17)11-5-4-8-12-7-18-13-8/h7H,2-6H2,1H3,(H,11,17)(H,15,16). The van der Waals surface area contributed by atoms with E-state index in [2.05, 4.69) is 20.0 Å². The number of carbonyl (C=O) groups excluding carboxylic acids is 1. The Kier molecular flexibility index (Phi) is 5.62. The molecule has 2 N–H and O–H groups in total. The van der Waals surface area contributed by atoms with E-state index in [-0.39, 0.29) is 12.5 Å². The molecule has 0 atom stereocenters. The minimum Gasteiger partial charge on any atom is -0.481 e. The van der Waals surface area contributed by atoms with Crippen molar-refractivity contribution in [1.82, 2.24) is 20.4 Å². The van der Waals surface area contributed by atoms with Gasteiger partial charge < -0.3 is 19.8 Å². The molecule has 0 unspecified atom stereocenters. The largest absolute Gasteiger partial charge is 0.481 e. The first-order valence-corrected chi connectivity index (χ1v) is 5.55. The smallest absolute Gasteiger partial charge is 0.317 e. The second-order valence-electron chi connectivity index (χ2n) is 3.75. The van der Waals surface area contributed by atoms with E-state index in [0.717, 1.165) is 0 Å². The van der Waals surface area contributed by atoms with E-state index in [0.29, 0.717) is 31.8 Å². The fraction of sp³-hybridized carbons (Fsp3) is 0.600. The van der Waals surface area contributed by atoms with Crippen molar-refractivity contribution in [3.63, 3.8) is 0 Å². The van der Waals surface area contributed by atoms with Gasteiger partial charge in [0.15, 0.2) is 5.82 Å². The van der Waals surface area contributed by atoms with Gasteiger partial charge in [-0.25, -0.2) is 4.79 Å². The number of aromatic nitrogens is 2. The van der Waals surface area contributed by atoms with Gasteiger partial charge >= 0.3 is 12.0 Å². The van der Waals surface area contributed by atoms with E-state index >= 15 is 0 Å². The maximum absolute atomic E-state index is 11.6. The first kappa shape index (κ1) is 13.9. The van der Waals surface area contributed by atoms with E-state index in [9.17, 15) is 9.59 Å². The molecule has 8 nitrogen and oxygen atoms in total. The molecule has 0 saturated heterocycles. The lowest BCUT2D eigenvalue weighted by Crippen LogP contribution is -2.38. The number of hydrogen-bond acceptors (Lipinski definition) is 5. The van der Waals surface area contributed by atoms with Crippen LogP contribution in [0.4, 0.5) is 4.79 Å². The van der Waals surface area contributed by atoms with Crippen LogP contribution in [0.5, 0.6) is 0 Å². The van der Waals surface area contributed by atoms with Gasteiger partial charge in [-0.15, -0.1) is 0 Å². The molecule has 0 aliphatic heterocycles. The number of hydrogen-bond donors (Lipinski definition) is 2. The molecule has 0 bridgehead atoms. The van der Waals surface area contributed by atoms with Crippen molar-refractivity contribution in [2.24, 2.45) is 0 Å². The molecule has 2 amide bonds. The number of amides is 2. The molecule has 0 aromatic carbocycles. The summed E-state index contributed by atoms with van der Waals surface area (Å²) in [6.07, 6.45) is 2.21. The zero-order valence-electron chi connectivity index (χ0n) is 10.1. The third-order valence-corrected chi connectivity index (χ3v) is 2.26. The van der Waals surface area contributed by atoms with E-state index in [1.54, 1.807) is 7.05 Å². The van der Waals surface area contributed by atoms with Crippen molar-refractivity contribution < 1.29 is 19.2 Å². The predicted octanol–water partition coefficient (Wildman–Crippen LogP) is 0.118. The summed E-state index contributed by atoms with van der Waals surface area (Å²) in [6, 6.07) is -0.246. The van der Waals surface area contributed by atoms with Gasteiger partial charge in [0, 0.05) is 33.0 Å². The average molecular weight is 256 g/mol.